The van der Waals surface area contributed by atoms with E-state index in [9.17, 15) is 4.79 Å². The number of hydroxylamine groups is 1. The molecule has 0 unspecified atom stereocenters. The van der Waals surface area contributed by atoms with Crippen LogP contribution in [0.5, 0.6) is 0 Å². The smallest absolute Gasteiger partial charge is 0.238 e. The second kappa shape index (κ2) is 5.32. The number of nitrogens with one attached hydrogen (secondary N) is 1. The third-order valence-electron chi connectivity index (χ3n) is 2.23. The number of carbonyl (C=O) groups excluding carboxylic acids is 1. The lowest BCUT2D eigenvalue weighted by Crippen LogP contribution is -2.37. The molecule has 0 aromatic carbocycles. The van der Waals surface area contributed by atoms with Gasteiger partial charge in [0.1, 0.15) is 6.54 Å². The van der Waals surface area contributed by atoms with Crippen LogP contribution in [0.3, 0.4) is 0 Å². The van der Waals surface area contributed by atoms with Gasteiger partial charge in [0.2, 0.25) is 5.91 Å². The number of hydrogen-bond acceptors (Lipinski definition) is 3. The van der Waals surface area contributed by atoms with Gasteiger partial charge in [0.05, 0.1) is 6.61 Å². The zero-order valence-corrected chi connectivity index (χ0v) is 9.25. The highest BCUT2D eigenvalue weighted by Gasteiger charge is 2.29. The van der Waals surface area contributed by atoms with Crippen molar-refractivity contribution in [1.82, 2.24) is 10.4 Å². The van der Waals surface area contributed by atoms with Crippen molar-refractivity contribution in [3.05, 3.63) is 0 Å². The molecule has 0 heterocycles. The Hall–Kier alpha value is -0.610. The van der Waals surface area contributed by atoms with E-state index in [0.717, 1.165) is 12.8 Å². The van der Waals surface area contributed by atoms with Gasteiger partial charge in [-0.2, -0.15) is 5.48 Å². The third-order valence-corrected chi connectivity index (χ3v) is 2.23. The second-order valence-corrected chi connectivity index (χ2v) is 4.26. The summed E-state index contributed by atoms with van der Waals surface area (Å²) >= 11 is 0. The average molecular weight is 200 g/mol. The fraction of sp³-hybridized carbons (Fsp3) is 0.900. The largest absolute Gasteiger partial charge is 0.342 e. The van der Waals surface area contributed by atoms with E-state index in [1.54, 1.807) is 4.90 Å². The van der Waals surface area contributed by atoms with E-state index in [1.165, 1.54) is 0 Å². The summed E-state index contributed by atoms with van der Waals surface area (Å²) < 4.78 is 0. The molecule has 1 N–H and O–H groups in total. The molecular formula is C10H20N2O2. The van der Waals surface area contributed by atoms with Gasteiger partial charge in [0.15, 0.2) is 0 Å². The molecule has 0 aromatic rings. The summed E-state index contributed by atoms with van der Waals surface area (Å²) in [6, 6.07) is 0.481. The van der Waals surface area contributed by atoms with E-state index in [2.05, 4.69) is 19.3 Å². The molecule has 4 nitrogen and oxygen atoms in total. The van der Waals surface area contributed by atoms with Crippen LogP contribution in [0.4, 0.5) is 0 Å². The number of carbonyl (C=O) groups is 1. The first kappa shape index (κ1) is 11.5. The molecule has 1 aliphatic carbocycles. The highest BCUT2D eigenvalue weighted by molar-refractivity contribution is 5.78. The number of hydrogen-bond donors (Lipinski definition) is 1. The molecule has 0 atom stereocenters. The van der Waals surface area contributed by atoms with Crippen LogP contribution in [0.15, 0.2) is 0 Å². The van der Waals surface area contributed by atoms with Crippen LogP contribution in [0, 0.1) is 5.92 Å². The maximum Gasteiger partial charge on any atom is 0.238 e. The first-order valence-electron chi connectivity index (χ1n) is 5.21. The molecule has 0 radical (unpaired) electrons. The fourth-order valence-electron chi connectivity index (χ4n) is 1.13. The minimum Gasteiger partial charge on any atom is -0.342 e. The predicted molar refractivity (Wildman–Crippen MR) is 54.6 cm³/mol. The lowest BCUT2D eigenvalue weighted by Gasteiger charge is -2.16. The summed E-state index contributed by atoms with van der Waals surface area (Å²) in [5.41, 5.74) is 2.69. The van der Waals surface area contributed by atoms with Crippen LogP contribution in [0.1, 0.15) is 26.7 Å². The van der Waals surface area contributed by atoms with Gasteiger partial charge >= 0.3 is 0 Å². The monoisotopic (exact) mass is 200 g/mol. The summed E-state index contributed by atoms with van der Waals surface area (Å²) in [5.74, 6) is 0.593. The van der Waals surface area contributed by atoms with Crippen molar-refractivity contribution in [3.8, 4) is 0 Å². The van der Waals surface area contributed by atoms with Crippen LogP contribution < -0.4 is 5.48 Å². The molecule has 1 saturated carbocycles. The quantitative estimate of drug-likeness (QED) is 0.509. The second-order valence-electron chi connectivity index (χ2n) is 4.26. The van der Waals surface area contributed by atoms with Crippen molar-refractivity contribution < 1.29 is 9.63 Å². The molecule has 0 saturated heterocycles. The molecule has 1 aliphatic rings. The molecule has 0 bridgehead atoms. The zero-order chi connectivity index (χ0) is 10.6. The molecule has 1 fully saturated rings. The van der Waals surface area contributed by atoms with Gasteiger partial charge in [-0.1, -0.05) is 13.8 Å². The highest BCUT2D eigenvalue weighted by atomic mass is 16.6. The summed E-state index contributed by atoms with van der Waals surface area (Å²) in [6.45, 7) is 5.06. The van der Waals surface area contributed by atoms with Gasteiger partial charge < -0.3 is 9.74 Å². The Balaban J connectivity index is 2.02. The van der Waals surface area contributed by atoms with E-state index < -0.39 is 0 Å². The Kier molecular flexibility index (Phi) is 4.35. The molecule has 4 heteroatoms. The first-order chi connectivity index (χ1) is 6.61. The Morgan fingerprint density at radius 2 is 2.21 bits per heavy atom. The third kappa shape index (κ3) is 4.07. The lowest BCUT2D eigenvalue weighted by atomic mass is 10.2. The molecule has 82 valence electrons. The van der Waals surface area contributed by atoms with Crippen LogP contribution >= 0.6 is 0 Å². The van der Waals surface area contributed by atoms with Gasteiger partial charge in [0.25, 0.3) is 0 Å². The Bertz CT molecular complexity index is 191. The summed E-state index contributed by atoms with van der Waals surface area (Å²) in [4.78, 5) is 18.4. The van der Waals surface area contributed by atoms with Gasteiger partial charge in [0, 0.05) is 13.1 Å². The molecule has 1 amide bonds. The molecule has 0 aromatic heterocycles. The van der Waals surface area contributed by atoms with Crippen molar-refractivity contribution in [3.63, 3.8) is 0 Å². The van der Waals surface area contributed by atoms with Crippen molar-refractivity contribution >= 4 is 5.91 Å². The Morgan fingerprint density at radius 3 is 2.71 bits per heavy atom. The number of rotatable bonds is 6. The van der Waals surface area contributed by atoms with Crippen LogP contribution in [0.25, 0.3) is 0 Å². The average Bonchev–Trinajstić information content (AvgIpc) is 2.93. The van der Waals surface area contributed by atoms with E-state index >= 15 is 0 Å². The molecule has 0 spiro atoms. The number of nitrogens with zero attached hydrogens (tertiary/aromatic N) is 1. The summed E-state index contributed by atoms with van der Waals surface area (Å²) in [5, 5.41) is 0. The fourth-order valence-corrected chi connectivity index (χ4v) is 1.13. The van der Waals surface area contributed by atoms with Crippen molar-refractivity contribution in [2.24, 2.45) is 5.92 Å². The van der Waals surface area contributed by atoms with Crippen molar-refractivity contribution in [1.29, 1.82) is 0 Å². The minimum atomic E-state index is 0.108. The highest BCUT2D eigenvalue weighted by Crippen LogP contribution is 2.24. The van der Waals surface area contributed by atoms with Gasteiger partial charge in [-0.05, 0) is 18.8 Å². The van der Waals surface area contributed by atoms with E-state index in [1.807, 2.05) is 7.05 Å². The van der Waals surface area contributed by atoms with Crippen LogP contribution in [-0.2, 0) is 9.63 Å². The van der Waals surface area contributed by atoms with Gasteiger partial charge in [-0.15, -0.1) is 0 Å². The van der Waals surface area contributed by atoms with E-state index in [4.69, 9.17) is 4.84 Å². The minimum absolute atomic E-state index is 0.108. The number of amides is 1. The SMILES string of the molecule is CC(C)CONCC(=O)N(C)C1CC1. The van der Waals surface area contributed by atoms with E-state index in [-0.39, 0.29) is 12.5 Å². The standard InChI is InChI=1S/C10H20N2O2/c1-8(2)7-14-11-6-10(13)12(3)9-4-5-9/h8-9,11H,4-7H2,1-3H3. The predicted octanol–water partition coefficient (Wildman–Crippen LogP) is 0.784. The lowest BCUT2D eigenvalue weighted by molar-refractivity contribution is -0.132. The summed E-state index contributed by atoms with van der Waals surface area (Å²) in [7, 11) is 1.85. The number of likely N-dealkylation sites (N-methyl/N-ethyl adjacent to an activating group) is 1. The molecular weight excluding hydrogens is 180 g/mol. The molecule has 14 heavy (non-hydrogen) atoms. The van der Waals surface area contributed by atoms with Gasteiger partial charge in [-0.25, -0.2) is 0 Å². The maximum absolute atomic E-state index is 11.5. The van der Waals surface area contributed by atoms with Crippen LogP contribution in [0.2, 0.25) is 0 Å². The molecule has 1 rings (SSSR count). The summed E-state index contributed by atoms with van der Waals surface area (Å²) in [6.07, 6.45) is 2.30. The maximum atomic E-state index is 11.5. The Labute approximate surface area is 85.6 Å². The zero-order valence-electron chi connectivity index (χ0n) is 9.25. The van der Waals surface area contributed by atoms with Crippen molar-refractivity contribution in [2.45, 2.75) is 32.7 Å². The normalized spacial score (nSPS) is 16.0. The Morgan fingerprint density at radius 1 is 1.57 bits per heavy atom. The van der Waals surface area contributed by atoms with Crippen LogP contribution in [-0.4, -0.2) is 37.0 Å². The topological polar surface area (TPSA) is 41.6 Å². The van der Waals surface area contributed by atoms with E-state index in [0.29, 0.717) is 18.6 Å². The molecule has 0 aliphatic heterocycles. The first-order valence-corrected chi connectivity index (χ1v) is 5.21. The van der Waals surface area contributed by atoms with Gasteiger partial charge in [-0.3, -0.25) is 4.79 Å². The van der Waals surface area contributed by atoms with Crippen molar-refractivity contribution in [2.75, 3.05) is 20.2 Å².